The first-order valence-electron chi connectivity index (χ1n) is 10.3. The molecule has 0 saturated carbocycles. The van der Waals surface area contributed by atoms with Crippen LogP contribution >= 0.6 is 0 Å². The van der Waals surface area contributed by atoms with Crippen LogP contribution in [0.5, 0.6) is 0 Å². The van der Waals surface area contributed by atoms with Gasteiger partial charge >= 0.3 is 11.9 Å². The van der Waals surface area contributed by atoms with Crippen molar-refractivity contribution in [2.45, 2.75) is 76.7 Å². The second kappa shape index (κ2) is 14.0. The number of carbonyl (C=O) groups excluding carboxylic acids is 4. The second-order valence-electron chi connectivity index (χ2n) is 7.70. The van der Waals surface area contributed by atoms with Crippen LogP contribution in [0.25, 0.3) is 0 Å². The Labute approximate surface area is 190 Å². The molecule has 14 nitrogen and oxygen atoms in total. The third kappa shape index (κ3) is 10.7. The van der Waals surface area contributed by atoms with Crippen LogP contribution in [0.2, 0.25) is 0 Å². The minimum absolute atomic E-state index is 0.227. The van der Waals surface area contributed by atoms with Crippen LogP contribution in [0.4, 0.5) is 0 Å². The van der Waals surface area contributed by atoms with Gasteiger partial charge in [0.2, 0.25) is 23.6 Å². The zero-order chi connectivity index (χ0) is 25.9. The molecule has 188 valence electrons. The highest BCUT2D eigenvalue weighted by Gasteiger charge is 2.33. The molecule has 0 heterocycles. The first-order valence-corrected chi connectivity index (χ1v) is 10.3. The van der Waals surface area contributed by atoms with Crippen LogP contribution in [0.15, 0.2) is 0 Å². The number of carboxylic acid groups (broad SMARTS) is 2. The van der Waals surface area contributed by atoms with Gasteiger partial charge in [0.1, 0.15) is 18.1 Å². The van der Waals surface area contributed by atoms with Crippen molar-refractivity contribution in [3.63, 3.8) is 0 Å². The fraction of sp³-hybridized carbons (Fsp3) is 0.684. The second-order valence-corrected chi connectivity index (χ2v) is 7.70. The van der Waals surface area contributed by atoms with Gasteiger partial charge in [0.15, 0.2) is 0 Å². The van der Waals surface area contributed by atoms with Gasteiger partial charge in [-0.3, -0.25) is 24.0 Å². The summed E-state index contributed by atoms with van der Waals surface area (Å²) in [6.07, 6.45) is -2.58. The number of hydrogen-bond acceptors (Lipinski definition) is 8. The van der Waals surface area contributed by atoms with E-state index in [1.54, 1.807) is 6.92 Å². The Morgan fingerprint density at radius 2 is 1.42 bits per heavy atom. The maximum atomic E-state index is 12.7. The number of aliphatic hydroxyl groups excluding tert-OH is 1. The molecule has 4 amide bonds. The summed E-state index contributed by atoms with van der Waals surface area (Å²) in [6.45, 7) is 4.73. The first-order chi connectivity index (χ1) is 15.2. The van der Waals surface area contributed by atoms with Gasteiger partial charge in [-0.15, -0.1) is 0 Å². The predicted octanol–water partition coefficient (Wildman–Crippen LogP) is -2.98. The van der Waals surface area contributed by atoms with Crippen molar-refractivity contribution in [3.8, 4) is 0 Å². The average Bonchev–Trinajstić information content (AvgIpc) is 2.71. The Morgan fingerprint density at radius 3 is 1.85 bits per heavy atom. The monoisotopic (exact) mass is 475 g/mol. The Hall–Kier alpha value is -3.26. The molecular formula is C19H33N5O9. The number of aliphatic carboxylic acids is 2. The summed E-state index contributed by atoms with van der Waals surface area (Å²) in [5.74, 6) is -6.94. The van der Waals surface area contributed by atoms with Gasteiger partial charge in [-0.05, 0) is 19.3 Å². The fourth-order valence-electron chi connectivity index (χ4n) is 2.64. The normalized spacial score (nSPS) is 16.3. The number of carbonyl (C=O) groups is 6. The Morgan fingerprint density at radius 1 is 0.879 bits per heavy atom. The zero-order valence-electron chi connectivity index (χ0n) is 18.7. The summed E-state index contributed by atoms with van der Waals surface area (Å²) < 4.78 is 0. The summed E-state index contributed by atoms with van der Waals surface area (Å²) in [5.41, 5.74) is 10.9. The molecule has 0 aliphatic carbocycles. The number of amides is 4. The number of carboxylic acids is 2. The third-order valence-electron chi connectivity index (χ3n) is 4.92. The van der Waals surface area contributed by atoms with Crippen molar-refractivity contribution in [2.24, 2.45) is 17.4 Å². The highest BCUT2D eigenvalue weighted by molar-refractivity contribution is 5.96. The zero-order valence-corrected chi connectivity index (χ0v) is 18.7. The smallest absolute Gasteiger partial charge is 0.326 e. The number of hydrogen-bond donors (Lipinski definition) is 8. The third-order valence-corrected chi connectivity index (χ3v) is 4.92. The molecule has 6 atom stereocenters. The van der Waals surface area contributed by atoms with Gasteiger partial charge in [-0.25, -0.2) is 4.79 Å². The van der Waals surface area contributed by atoms with Gasteiger partial charge in [-0.2, -0.15) is 0 Å². The summed E-state index contributed by atoms with van der Waals surface area (Å²) >= 11 is 0. The largest absolute Gasteiger partial charge is 0.481 e. The molecule has 0 radical (unpaired) electrons. The lowest BCUT2D eigenvalue weighted by atomic mass is 9.98. The molecule has 0 aromatic rings. The molecule has 0 fully saturated rings. The molecule has 0 aliphatic rings. The SMILES string of the molecule is CCC(C)C(N)C(=O)NC(C(=O)NC(CC(N)=O)C(=O)NC(CCC(=O)O)C(=O)O)C(C)O. The van der Waals surface area contributed by atoms with E-state index < -0.39 is 85.1 Å². The van der Waals surface area contributed by atoms with E-state index >= 15 is 0 Å². The highest BCUT2D eigenvalue weighted by Crippen LogP contribution is 2.07. The van der Waals surface area contributed by atoms with E-state index in [2.05, 4.69) is 10.6 Å². The predicted molar refractivity (Wildman–Crippen MR) is 113 cm³/mol. The van der Waals surface area contributed by atoms with Crippen LogP contribution in [-0.4, -0.2) is 81.2 Å². The van der Waals surface area contributed by atoms with Crippen molar-refractivity contribution in [1.29, 1.82) is 0 Å². The maximum absolute atomic E-state index is 12.7. The molecule has 10 N–H and O–H groups in total. The first kappa shape index (κ1) is 29.7. The summed E-state index contributed by atoms with van der Waals surface area (Å²) in [6, 6.07) is -5.78. The molecule has 33 heavy (non-hydrogen) atoms. The fourth-order valence-corrected chi connectivity index (χ4v) is 2.64. The molecule has 0 bridgehead atoms. The van der Waals surface area contributed by atoms with Crippen molar-refractivity contribution in [2.75, 3.05) is 0 Å². The number of nitrogens with one attached hydrogen (secondary N) is 3. The van der Waals surface area contributed by atoms with E-state index in [-0.39, 0.29) is 5.92 Å². The average molecular weight is 475 g/mol. The lowest BCUT2D eigenvalue weighted by molar-refractivity contribution is -0.143. The van der Waals surface area contributed by atoms with Gasteiger partial charge in [-0.1, -0.05) is 20.3 Å². The van der Waals surface area contributed by atoms with E-state index in [4.69, 9.17) is 16.6 Å². The maximum Gasteiger partial charge on any atom is 0.326 e. The molecular weight excluding hydrogens is 442 g/mol. The van der Waals surface area contributed by atoms with Crippen molar-refractivity contribution >= 4 is 35.6 Å². The minimum Gasteiger partial charge on any atom is -0.481 e. The summed E-state index contributed by atoms with van der Waals surface area (Å²) in [4.78, 5) is 70.8. The van der Waals surface area contributed by atoms with E-state index in [9.17, 15) is 39.0 Å². The Balaban J connectivity index is 5.49. The van der Waals surface area contributed by atoms with E-state index in [1.807, 2.05) is 12.2 Å². The topological polar surface area (TPSA) is 251 Å². The summed E-state index contributed by atoms with van der Waals surface area (Å²) in [7, 11) is 0. The minimum atomic E-state index is -1.65. The Kier molecular flexibility index (Phi) is 12.6. The lowest BCUT2D eigenvalue weighted by Crippen LogP contribution is -2.60. The molecule has 14 heteroatoms. The van der Waals surface area contributed by atoms with Crippen molar-refractivity contribution < 1.29 is 44.1 Å². The van der Waals surface area contributed by atoms with E-state index in [0.717, 1.165) is 0 Å². The van der Waals surface area contributed by atoms with Crippen molar-refractivity contribution in [1.82, 2.24) is 16.0 Å². The number of aliphatic hydroxyl groups is 1. The van der Waals surface area contributed by atoms with Gasteiger partial charge < -0.3 is 42.7 Å². The number of nitrogens with two attached hydrogens (primary N) is 2. The highest BCUT2D eigenvalue weighted by atomic mass is 16.4. The molecule has 0 rings (SSSR count). The van der Waals surface area contributed by atoms with Crippen LogP contribution < -0.4 is 27.4 Å². The number of rotatable bonds is 15. The summed E-state index contributed by atoms with van der Waals surface area (Å²) in [5, 5.41) is 34.3. The van der Waals surface area contributed by atoms with Crippen molar-refractivity contribution in [3.05, 3.63) is 0 Å². The van der Waals surface area contributed by atoms with Gasteiger partial charge in [0, 0.05) is 6.42 Å². The molecule has 0 spiro atoms. The van der Waals surface area contributed by atoms with Gasteiger partial charge in [0.05, 0.1) is 18.6 Å². The Bertz CT molecular complexity index is 743. The lowest BCUT2D eigenvalue weighted by Gasteiger charge is -2.27. The van der Waals surface area contributed by atoms with Crippen LogP contribution in [0.3, 0.4) is 0 Å². The van der Waals surface area contributed by atoms with E-state index in [1.165, 1.54) is 6.92 Å². The quantitative estimate of drug-likeness (QED) is 0.119. The standard InChI is InChI=1S/C19H33N5O9/c1-4-8(2)14(21)17(30)24-15(9(3)25)18(31)23-11(7-12(20)26)16(29)22-10(19(32)33)5-6-13(27)28/h8-11,14-15,25H,4-7,21H2,1-3H3,(H2,20,26)(H,22,29)(H,23,31)(H,24,30)(H,27,28)(H,32,33). The van der Waals surface area contributed by atoms with Crippen LogP contribution in [0.1, 0.15) is 46.5 Å². The van der Waals surface area contributed by atoms with Gasteiger partial charge in [0.25, 0.3) is 0 Å². The van der Waals surface area contributed by atoms with E-state index in [0.29, 0.717) is 6.42 Å². The number of primary amides is 1. The van der Waals surface area contributed by atoms with Crippen LogP contribution in [0, 0.1) is 5.92 Å². The van der Waals surface area contributed by atoms with Crippen LogP contribution in [-0.2, 0) is 28.8 Å². The molecule has 6 unspecified atom stereocenters. The molecule has 0 aromatic carbocycles. The molecule has 0 saturated heterocycles. The molecule has 0 aromatic heterocycles. The molecule has 0 aliphatic heterocycles.